The number of amides is 2. The Bertz CT molecular complexity index is 914. The molecule has 5 nitrogen and oxygen atoms in total. The van der Waals surface area contributed by atoms with Crippen LogP contribution in [0.5, 0.6) is 0 Å². The Morgan fingerprint density at radius 3 is 1.67 bits per heavy atom. The maximum absolute atomic E-state index is 12.4. The minimum absolute atomic E-state index is 0.226. The normalized spacial score (nSPS) is 14.9. The smallest absolute Gasteiger partial charge is 0.268 e. The maximum Gasteiger partial charge on any atom is 0.296 e. The Morgan fingerprint density at radius 2 is 1.25 bits per heavy atom. The molecule has 2 amide bonds. The van der Waals surface area contributed by atoms with Crippen LogP contribution in [0.2, 0.25) is 0 Å². The number of carbonyl (C=O) groups excluding carboxylic acids is 2. The van der Waals surface area contributed by atoms with Gasteiger partial charge >= 0.3 is 0 Å². The predicted molar refractivity (Wildman–Crippen MR) is 91.5 cm³/mol. The summed E-state index contributed by atoms with van der Waals surface area (Å²) in [6.45, 7) is 0. The van der Waals surface area contributed by atoms with Crippen molar-refractivity contribution in [2.24, 2.45) is 0 Å². The molecule has 0 fully saturated rings. The summed E-state index contributed by atoms with van der Waals surface area (Å²) in [6, 6.07) is 11.4. The van der Waals surface area contributed by atoms with Crippen molar-refractivity contribution >= 4 is 62.1 Å². The molecule has 1 heterocycles. The van der Waals surface area contributed by atoms with Crippen LogP contribution in [0.25, 0.3) is 0 Å². The third-order valence-electron chi connectivity index (χ3n) is 3.50. The molecule has 0 radical (unpaired) electrons. The van der Waals surface area contributed by atoms with Gasteiger partial charge in [0.05, 0.1) is 21.7 Å². The van der Waals surface area contributed by atoms with E-state index in [0.29, 0.717) is 11.1 Å². The predicted octanol–water partition coefficient (Wildman–Crippen LogP) is 3.59. The highest BCUT2D eigenvalue weighted by atomic mass is 35.6. The molecule has 2 aromatic rings. The standard InChI is InChI=1S/C15H8Cl3NO4S/c16-15(17,18)24(22,23)10-7-5-9(6-8-10)19-13(20)11-3-1-2-4-12(11)14(19)21/h1-8H. The van der Waals surface area contributed by atoms with Crippen molar-refractivity contribution in [2.45, 2.75) is 8.02 Å². The Balaban J connectivity index is 1.99. The molecule has 0 aromatic heterocycles. The highest BCUT2D eigenvalue weighted by molar-refractivity contribution is 7.97. The van der Waals surface area contributed by atoms with E-state index >= 15 is 0 Å². The number of halogens is 3. The van der Waals surface area contributed by atoms with Gasteiger partial charge in [-0.1, -0.05) is 46.9 Å². The number of rotatable bonds is 2. The van der Waals surface area contributed by atoms with Crippen molar-refractivity contribution in [1.29, 1.82) is 0 Å². The lowest BCUT2D eigenvalue weighted by Gasteiger charge is -2.16. The van der Waals surface area contributed by atoms with Crippen molar-refractivity contribution in [3.63, 3.8) is 0 Å². The minimum Gasteiger partial charge on any atom is -0.268 e. The lowest BCUT2D eigenvalue weighted by atomic mass is 10.1. The van der Waals surface area contributed by atoms with Crippen molar-refractivity contribution in [3.8, 4) is 0 Å². The average Bonchev–Trinajstić information content (AvgIpc) is 2.78. The van der Waals surface area contributed by atoms with E-state index in [1.807, 2.05) is 0 Å². The monoisotopic (exact) mass is 403 g/mol. The highest BCUT2D eigenvalue weighted by Crippen LogP contribution is 2.38. The van der Waals surface area contributed by atoms with Gasteiger partial charge in [-0.15, -0.1) is 0 Å². The Labute approximate surface area is 152 Å². The number of alkyl halides is 3. The summed E-state index contributed by atoms with van der Waals surface area (Å²) in [5.74, 6) is -0.958. The zero-order chi connectivity index (χ0) is 17.7. The van der Waals surface area contributed by atoms with Crippen LogP contribution in [0.4, 0.5) is 5.69 Å². The number of fused-ring (bicyclic) bond motifs is 1. The first-order valence-electron chi connectivity index (χ1n) is 6.54. The number of hydrogen-bond acceptors (Lipinski definition) is 4. The summed E-state index contributed by atoms with van der Waals surface area (Å²) in [4.78, 5) is 25.5. The van der Waals surface area contributed by atoms with Crippen molar-refractivity contribution < 1.29 is 18.0 Å². The minimum atomic E-state index is -4.19. The second-order valence-corrected chi connectivity index (χ2v) is 9.98. The molecule has 0 spiro atoms. The second kappa shape index (κ2) is 5.74. The van der Waals surface area contributed by atoms with E-state index < -0.39 is 24.8 Å². The zero-order valence-electron chi connectivity index (χ0n) is 11.7. The van der Waals surface area contributed by atoms with Crippen LogP contribution in [0.3, 0.4) is 0 Å². The van der Waals surface area contributed by atoms with E-state index in [9.17, 15) is 18.0 Å². The number of benzene rings is 2. The van der Waals surface area contributed by atoms with E-state index in [4.69, 9.17) is 34.8 Å². The fourth-order valence-corrected chi connectivity index (χ4v) is 3.90. The first kappa shape index (κ1) is 17.2. The van der Waals surface area contributed by atoms with Crippen LogP contribution in [0.1, 0.15) is 20.7 Å². The topological polar surface area (TPSA) is 71.5 Å². The second-order valence-electron chi connectivity index (χ2n) is 4.93. The van der Waals surface area contributed by atoms with E-state index in [2.05, 4.69) is 0 Å². The molecular weight excluding hydrogens is 397 g/mol. The van der Waals surface area contributed by atoms with Crippen LogP contribution in [-0.2, 0) is 9.84 Å². The zero-order valence-corrected chi connectivity index (χ0v) is 14.8. The van der Waals surface area contributed by atoms with Gasteiger partial charge in [0.15, 0.2) is 0 Å². The lowest BCUT2D eigenvalue weighted by molar-refractivity contribution is 0.0926. The quantitative estimate of drug-likeness (QED) is 0.566. The molecular formula is C15H8Cl3NO4S. The summed E-state index contributed by atoms with van der Waals surface area (Å²) >= 11 is 16.4. The van der Waals surface area contributed by atoms with Crippen LogP contribution in [0.15, 0.2) is 53.4 Å². The van der Waals surface area contributed by atoms with Crippen LogP contribution in [0, 0.1) is 0 Å². The molecule has 2 aromatic carbocycles. The van der Waals surface area contributed by atoms with Gasteiger partial charge in [-0.25, -0.2) is 13.3 Å². The maximum atomic E-state index is 12.4. The van der Waals surface area contributed by atoms with Gasteiger partial charge in [0.25, 0.3) is 14.9 Å². The van der Waals surface area contributed by atoms with Gasteiger partial charge in [0.2, 0.25) is 9.84 Å². The Hall–Kier alpha value is -1.60. The molecule has 0 atom stereocenters. The summed E-state index contributed by atoms with van der Waals surface area (Å²) in [5, 5.41) is 0. The lowest BCUT2D eigenvalue weighted by Crippen LogP contribution is -2.29. The Morgan fingerprint density at radius 1 is 0.792 bits per heavy atom. The van der Waals surface area contributed by atoms with Crippen molar-refractivity contribution in [3.05, 3.63) is 59.7 Å². The summed E-state index contributed by atoms with van der Waals surface area (Å²) in [5.41, 5.74) is 0.811. The SMILES string of the molecule is O=C1c2ccccc2C(=O)N1c1ccc(S(=O)(=O)C(Cl)(Cl)Cl)cc1. The van der Waals surface area contributed by atoms with Crippen LogP contribution in [-0.4, -0.2) is 23.4 Å². The third-order valence-corrected chi connectivity index (χ3v) is 6.83. The number of carbonyl (C=O) groups is 2. The number of hydrogen-bond donors (Lipinski definition) is 0. The van der Waals surface area contributed by atoms with E-state index in [1.54, 1.807) is 24.3 Å². The first-order chi connectivity index (χ1) is 11.1. The number of sulfone groups is 1. The van der Waals surface area contributed by atoms with E-state index in [-0.39, 0.29) is 10.6 Å². The van der Waals surface area contributed by atoms with Crippen LogP contribution >= 0.6 is 34.8 Å². The van der Waals surface area contributed by atoms with Gasteiger partial charge in [-0.05, 0) is 36.4 Å². The summed E-state index contributed by atoms with van der Waals surface area (Å²) < 4.78 is 21.6. The van der Waals surface area contributed by atoms with Gasteiger partial charge < -0.3 is 0 Å². The van der Waals surface area contributed by atoms with Crippen molar-refractivity contribution in [1.82, 2.24) is 0 Å². The van der Waals surface area contributed by atoms with E-state index in [1.165, 1.54) is 24.3 Å². The molecule has 9 heteroatoms. The molecule has 1 aliphatic rings. The molecule has 0 N–H and O–H groups in total. The molecule has 1 aliphatic heterocycles. The first-order valence-corrected chi connectivity index (χ1v) is 9.15. The average molecular weight is 405 g/mol. The Kier molecular flexibility index (Phi) is 4.12. The summed E-state index contributed by atoms with van der Waals surface area (Å²) in [6.07, 6.45) is 0. The molecule has 3 rings (SSSR count). The van der Waals surface area contributed by atoms with Gasteiger partial charge in [-0.2, -0.15) is 0 Å². The largest absolute Gasteiger partial charge is 0.296 e. The van der Waals surface area contributed by atoms with Crippen molar-refractivity contribution in [2.75, 3.05) is 4.90 Å². The third kappa shape index (κ3) is 2.59. The molecule has 0 saturated carbocycles. The highest BCUT2D eigenvalue weighted by Gasteiger charge is 2.40. The molecule has 0 aliphatic carbocycles. The molecule has 124 valence electrons. The fourth-order valence-electron chi connectivity index (χ4n) is 2.33. The van der Waals surface area contributed by atoms with E-state index in [0.717, 1.165) is 4.90 Å². The number of anilines is 1. The number of imide groups is 1. The van der Waals surface area contributed by atoms with Gasteiger partial charge in [0.1, 0.15) is 0 Å². The summed E-state index contributed by atoms with van der Waals surface area (Å²) in [7, 11) is -4.19. The van der Waals surface area contributed by atoms with Gasteiger partial charge in [-0.3, -0.25) is 9.59 Å². The number of nitrogens with zero attached hydrogens (tertiary/aromatic N) is 1. The fraction of sp³-hybridized carbons (Fsp3) is 0.0667. The molecule has 0 bridgehead atoms. The molecule has 0 unspecified atom stereocenters. The molecule has 24 heavy (non-hydrogen) atoms. The van der Waals surface area contributed by atoms with Crippen LogP contribution < -0.4 is 4.90 Å². The molecule has 0 saturated heterocycles. The van der Waals surface area contributed by atoms with Gasteiger partial charge in [0, 0.05) is 0 Å².